The number of nitrogens with zero attached hydrogens (tertiary/aromatic N) is 2. The second kappa shape index (κ2) is 7.78. The molecule has 1 rings (SSSR count). The van der Waals surface area contributed by atoms with Gasteiger partial charge in [0.15, 0.2) is 0 Å². The quantitative estimate of drug-likeness (QED) is 0.773. The van der Waals surface area contributed by atoms with Crippen molar-refractivity contribution in [3.63, 3.8) is 0 Å². The standard InChI is InChI=1S/C13H18N2O3S/c1-10(2)15(8-5-13(17)18)12(16)9-19-11-3-6-14-7-4-11/h3-4,6-7,10H,5,8-9H2,1-2H3,(H,17,18). The molecule has 0 radical (unpaired) electrons. The summed E-state index contributed by atoms with van der Waals surface area (Å²) in [7, 11) is 0. The van der Waals surface area contributed by atoms with Crippen molar-refractivity contribution < 1.29 is 14.7 Å². The van der Waals surface area contributed by atoms with Crippen molar-refractivity contribution in [2.24, 2.45) is 0 Å². The maximum atomic E-state index is 12.1. The summed E-state index contributed by atoms with van der Waals surface area (Å²) in [6, 6.07) is 3.69. The summed E-state index contributed by atoms with van der Waals surface area (Å²) >= 11 is 1.43. The molecule has 0 aliphatic rings. The molecule has 6 heteroatoms. The SMILES string of the molecule is CC(C)N(CCC(=O)O)C(=O)CSc1ccncc1. The number of carboxylic acids is 1. The average Bonchev–Trinajstić information content (AvgIpc) is 2.37. The fraction of sp³-hybridized carbons (Fsp3) is 0.462. The van der Waals surface area contributed by atoms with Gasteiger partial charge in [0.25, 0.3) is 0 Å². The van der Waals surface area contributed by atoms with Gasteiger partial charge in [-0.25, -0.2) is 0 Å². The molecule has 0 unspecified atom stereocenters. The van der Waals surface area contributed by atoms with Gasteiger partial charge >= 0.3 is 5.97 Å². The Hall–Kier alpha value is -1.56. The van der Waals surface area contributed by atoms with E-state index in [-0.39, 0.29) is 24.9 Å². The van der Waals surface area contributed by atoms with Crippen molar-refractivity contribution in [3.05, 3.63) is 24.5 Å². The Kier molecular flexibility index (Phi) is 6.35. The van der Waals surface area contributed by atoms with Gasteiger partial charge in [0.05, 0.1) is 12.2 Å². The van der Waals surface area contributed by atoms with E-state index in [2.05, 4.69) is 4.98 Å². The van der Waals surface area contributed by atoms with Crippen LogP contribution in [0, 0.1) is 0 Å². The predicted octanol–water partition coefficient (Wildman–Crippen LogP) is 1.89. The number of carbonyl (C=O) groups excluding carboxylic acids is 1. The number of aliphatic carboxylic acids is 1. The molecule has 0 saturated carbocycles. The molecule has 0 atom stereocenters. The molecular formula is C13H18N2O3S. The van der Waals surface area contributed by atoms with Crippen LogP contribution in [0.2, 0.25) is 0 Å². The van der Waals surface area contributed by atoms with E-state index in [9.17, 15) is 9.59 Å². The smallest absolute Gasteiger partial charge is 0.305 e. The molecule has 1 N–H and O–H groups in total. The third-order valence-electron chi connectivity index (χ3n) is 2.52. The number of rotatable bonds is 7. The van der Waals surface area contributed by atoms with Crippen LogP contribution in [-0.4, -0.2) is 45.2 Å². The van der Waals surface area contributed by atoms with Crippen LogP contribution >= 0.6 is 11.8 Å². The van der Waals surface area contributed by atoms with Crippen LogP contribution in [0.25, 0.3) is 0 Å². The van der Waals surface area contributed by atoms with Crippen molar-refractivity contribution in [3.8, 4) is 0 Å². The molecule has 0 aliphatic heterocycles. The predicted molar refractivity (Wildman–Crippen MR) is 74.1 cm³/mol. The highest BCUT2D eigenvalue weighted by Crippen LogP contribution is 2.17. The molecule has 0 spiro atoms. The van der Waals surface area contributed by atoms with Crippen molar-refractivity contribution in [1.29, 1.82) is 0 Å². The van der Waals surface area contributed by atoms with Crippen LogP contribution in [0.3, 0.4) is 0 Å². The lowest BCUT2D eigenvalue weighted by Crippen LogP contribution is -2.39. The van der Waals surface area contributed by atoms with Gasteiger partial charge in [-0.3, -0.25) is 14.6 Å². The zero-order chi connectivity index (χ0) is 14.3. The van der Waals surface area contributed by atoms with Crippen LogP contribution in [0.1, 0.15) is 20.3 Å². The van der Waals surface area contributed by atoms with E-state index < -0.39 is 5.97 Å². The fourth-order valence-corrected chi connectivity index (χ4v) is 2.32. The largest absolute Gasteiger partial charge is 0.481 e. The second-order valence-corrected chi connectivity index (χ2v) is 5.34. The number of carboxylic acid groups (broad SMARTS) is 1. The van der Waals surface area contributed by atoms with Gasteiger partial charge in [-0.1, -0.05) is 0 Å². The molecule has 0 saturated heterocycles. The first-order valence-electron chi connectivity index (χ1n) is 6.04. The number of aromatic nitrogens is 1. The van der Waals surface area contributed by atoms with Gasteiger partial charge in [-0.2, -0.15) is 0 Å². The van der Waals surface area contributed by atoms with Crippen molar-refractivity contribution in [1.82, 2.24) is 9.88 Å². The molecule has 0 aromatic carbocycles. The van der Waals surface area contributed by atoms with Crippen LogP contribution in [0.5, 0.6) is 0 Å². The Morgan fingerprint density at radius 2 is 2.00 bits per heavy atom. The number of hydrogen-bond donors (Lipinski definition) is 1. The minimum Gasteiger partial charge on any atom is -0.481 e. The lowest BCUT2D eigenvalue weighted by molar-refractivity contribution is -0.138. The fourth-order valence-electron chi connectivity index (χ4n) is 1.55. The van der Waals surface area contributed by atoms with Crippen LogP contribution in [0.15, 0.2) is 29.4 Å². The van der Waals surface area contributed by atoms with Gasteiger partial charge in [-0.15, -0.1) is 11.8 Å². The first kappa shape index (κ1) is 15.5. The highest BCUT2D eigenvalue weighted by molar-refractivity contribution is 8.00. The van der Waals surface area contributed by atoms with Crippen molar-refractivity contribution >= 4 is 23.6 Å². The number of amides is 1. The van der Waals surface area contributed by atoms with Gasteiger partial charge < -0.3 is 10.0 Å². The Bertz CT molecular complexity index is 423. The van der Waals surface area contributed by atoms with E-state index in [1.165, 1.54) is 11.8 Å². The van der Waals surface area contributed by atoms with Crippen molar-refractivity contribution in [2.45, 2.75) is 31.2 Å². The average molecular weight is 282 g/mol. The van der Waals surface area contributed by atoms with E-state index >= 15 is 0 Å². The Morgan fingerprint density at radius 3 is 2.53 bits per heavy atom. The van der Waals surface area contributed by atoms with Crippen LogP contribution < -0.4 is 0 Å². The molecule has 5 nitrogen and oxygen atoms in total. The first-order chi connectivity index (χ1) is 9.00. The molecule has 1 heterocycles. The summed E-state index contributed by atoms with van der Waals surface area (Å²) in [6.07, 6.45) is 3.33. The molecule has 19 heavy (non-hydrogen) atoms. The minimum atomic E-state index is -0.889. The lowest BCUT2D eigenvalue weighted by Gasteiger charge is -2.26. The Morgan fingerprint density at radius 1 is 1.37 bits per heavy atom. The normalized spacial score (nSPS) is 10.5. The van der Waals surface area contributed by atoms with Crippen LogP contribution in [0.4, 0.5) is 0 Å². The third-order valence-corrected chi connectivity index (χ3v) is 3.52. The van der Waals surface area contributed by atoms with Gasteiger partial charge in [0, 0.05) is 29.9 Å². The summed E-state index contributed by atoms with van der Waals surface area (Å²) in [4.78, 5) is 29.1. The summed E-state index contributed by atoms with van der Waals surface area (Å²) in [6.45, 7) is 4.02. The maximum Gasteiger partial charge on any atom is 0.305 e. The first-order valence-corrected chi connectivity index (χ1v) is 7.03. The highest BCUT2D eigenvalue weighted by atomic mass is 32.2. The molecule has 1 aromatic heterocycles. The molecule has 1 aromatic rings. The van der Waals surface area contributed by atoms with E-state index in [1.807, 2.05) is 26.0 Å². The number of thioether (sulfide) groups is 1. The minimum absolute atomic E-state index is 0.00453. The van der Waals surface area contributed by atoms with Gasteiger partial charge in [-0.05, 0) is 26.0 Å². The summed E-state index contributed by atoms with van der Waals surface area (Å²) < 4.78 is 0. The second-order valence-electron chi connectivity index (χ2n) is 4.30. The van der Waals surface area contributed by atoms with E-state index in [1.54, 1.807) is 17.3 Å². The molecule has 0 fully saturated rings. The van der Waals surface area contributed by atoms with Gasteiger partial charge in [0.2, 0.25) is 5.91 Å². The summed E-state index contributed by atoms with van der Waals surface area (Å²) in [5.74, 6) is -0.625. The molecule has 1 amide bonds. The number of carbonyl (C=O) groups is 2. The lowest BCUT2D eigenvalue weighted by atomic mass is 10.3. The zero-order valence-electron chi connectivity index (χ0n) is 11.1. The highest BCUT2D eigenvalue weighted by Gasteiger charge is 2.17. The monoisotopic (exact) mass is 282 g/mol. The van der Waals surface area contributed by atoms with Gasteiger partial charge in [0.1, 0.15) is 0 Å². The van der Waals surface area contributed by atoms with Crippen LogP contribution in [-0.2, 0) is 9.59 Å². The summed E-state index contributed by atoms with van der Waals surface area (Å²) in [5, 5.41) is 8.68. The number of pyridine rings is 1. The Balaban J connectivity index is 2.50. The van der Waals surface area contributed by atoms with E-state index in [0.29, 0.717) is 5.75 Å². The third kappa shape index (κ3) is 5.74. The molecular weight excluding hydrogens is 264 g/mol. The van der Waals surface area contributed by atoms with E-state index in [4.69, 9.17) is 5.11 Å². The maximum absolute atomic E-state index is 12.1. The molecule has 0 bridgehead atoms. The van der Waals surface area contributed by atoms with E-state index in [0.717, 1.165) is 4.90 Å². The van der Waals surface area contributed by atoms with Crippen molar-refractivity contribution in [2.75, 3.05) is 12.3 Å². The summed E-state index contributed by atoms with van der Waals surface area (Å²) in [5.41, 5.74) is 0. The topological polar surface area (TPSA) is 70.5 Å². The Labute approximate surface area is 117 Å². The molecule has 104 valence electrons. The number of hydrogen-bond acceptors (Lipinski definition) is 4. The molecule has 0 aliphatic carbocycles. The zero-order valence-corrected chi connectivity index (χ0v) is 11.9.